The third kappa shape index (κ3) is 4.35. The van der Waals surface area contributed by atoms with Crippen LogP contribution in [0.25, 0.3) is 71.4 Å². The minimum Gasteiger partial charge on any atom is -0.440 e. The van der Waals surface area contributed by atoms with E-state index in [1.807, 2.05) is 0 Å². The van der Waals surface area contributed by atoms with E-state index in [-0.39, 0.29) is 17.7 Å². The second-order valence-electron chi connectivity index (χ2n) is 18.2. The van der Waals surface area contributed by atoms with Crippen molar-refractivity contribution in [2.45, 2.75) is 52.4 Å². The molecule has 0 atom stereocenters. The van der Waals surface area contributed by atoms with Gasteiger partial charge in [0, 0.05) is 66.1 Å². The molecule has 4 nitrogen and oxygen atoms in total. The minimum absolute atomic E-state index is 0.0411. The molecule has 12 rings (SSSR count). The zero-order chi connectivity index (χ0) is 38.5. The van der Waals surface area contributed by atoms with Crippen LogP contribution in [0.4, 0.5) is 17.3 Å². The van der Waals surface area contributed by atoms with Crippen LogP contribution in [0.15, 0.2) is 150 Å². The van der Waals surface area contributed by atoms with Crippen molar-refractivity contribution < 1.29 is 4.42 Å². The standard InChI is InChI=1S/C52H42BN3O/c1-51(2,3)31-24-26-34(27-25-31)55-43-29-32(52(4,5)6)28-38-39-30-42-45(35-18-10-13-21-40(35)54(42)33-16-8-7-9-17-33)46-36-19-11-14-22-41(36)56(49(39)46)53(47(38)43)48-37-20-12-15-23-44(37)57-50(48)55/h7-30H,1-6H3. The van der Waals surface area contributed by atoms with Gasteiger partial charge >= 0.3 is 6.85 Å². The topological polar surface area (TPSA) is 26.2 Å². The first kappa shape index (κ1) is 32.8. The molecule has 5 heterocycles. The first-order valence-electron chi connectivity index (χ1n) is 20.2. The zero-order valence-electron chi connectivity index (χ0n) is 33.2. The highest BCUT2D eigenvalue weighted by Gasteiger charge is 2.47. The van der Waals surface area contributed by atoms with Gasteiger partial charge in [0.25, 0.3) is 0 Å². The number of fused-ring (bicyclic) bond motifs is 13. The summed E-state index contributed by atoms with van der Waals surface area (Å²) in [7, 11) is 0. The number of nitrogens with zero attached hydrogens (tertiary/aromatic N) is 3. The SMILES string of the molecule is CC(C)(C)c1ccc(N2c3cc(C(C)(C)C)cc4c3B(c3c2oc2ccccc32)n2c3ccccc3c3c5c6ccccc6n(-c6ccccc6)c5cc-4c32)cc1. The number of benzene rings is 7. The number of furan rings is 1. The lowest BCUT2D eigenvalue weighted by atomic mass is 9.45. The van der Waals surface area contributed by atoms with E-state index >= 15 is 0 Å². The quantitative estimate of drug-likeness (QED) is 0.165. The van der Waals surface area contributed by atoms with Gasteiger partial charge in [0.1, 0.15) is 5.58 Å². The number of anilines is 3. The lowest BCUT2D eigenvalue weighted by Gasteiger charge is -2.39. The average molecular weight is 736 g/mol. The molecule has 0 aliphatic carbocycles. The van der Waals surface area contributed by atoms with E-state index in [9.17, 15) is 0 Å². The number of hydrogen-bond acceptors (Lipinski definition) is 2. The van der Waals surface area contributed by atoms with Crippen molar-refractivity contribution in [3.8, 4) is 16.8 Å². The van der Waals surface area contributed by atoms with Crippen LogP contribution in [0.2, 0.25) is 0 Å². The fourth-order valence-corrected chi connectivity index (χ4v) is 10.1. The number of hydrogen-bond donors (Lipinski definition) is 0. The van der Waals surface area contributed by atoms with Crippen LogP contribution in [0.3, 0.4) is 0 Å². The van der Waals surface area contributed by atoms with Crippen LogP contribution in [0.1, 0.15) is 52.7 Å². The number of aromatic nitrogens is 2. The van der Waals surface area contributed by atoms with Crippen LogP contribution in [-0.4, -0.2) is 15.9 Å². The molecule has 5 heteroatoms. The molecule has 0 fully saturated rings. The van der Waals surface area contributed by atoms with Gasteiger partial charge in [-0.05, 0) is 87.6 Å². The molecule has 0 unspecified atom stereocenters. The van der Waals surface area contributed by atoms with E-state index in [2.05, 4.69) is 201 Å². The van der Waals surface area contributed by atoms with Crippen LogP contribution < -0.4 is 15.8 Å². The van der Waals surface area contributed by atoms with Crippen molar-refractivity contribution in [3.63, 3.8) is 0 Å². The summed E-state index contributed by atoms with van der Waals surface area (Å²) in [5, 5.41) is 6.31. The monoisotopic (exact) mass is 735 g/mol. The van der Waals surface area contributed by atoms with Crippen LogP contribution in [-0.2, 0) is 10.8 Å². The number of para-hydroxylation sites is 4. The highest BCUT2D eigenvalue weighted by molar-refractivity contribution is 6.91. The van der Waals surface area contributed by atoms with E-state index in [0.717, 1.165) is 28.2 Å². The van der Waals surface area contributed by atoms with Gasteiger partial charge in [0.05, 0.1) is 11.0 Å². The van der Waals surface area contributed by atoms with Crippen molar-refractivity contribution in [1.29, 1.82) is 0 Å². The first-order valence-corrected chi connectivity index (χ1v) is 20.2. The Morgan fingerprint density at radius 2 is 1.12 bits per heavy atom. The minimum atomic E-state index is -0.109. The molecule has 0 radical (unpaired) electrons. The Morgan fingerprint density at radius 3 is 1.84 bits per heavy atom. The van der Waals surface area contributed by atoms with Crippen molar-refractivity contribution in [2.75, 3.05) is 4.90 Å². The van der Waals surface area contributed by atoms with Crippen LogP contribution in [0, 0.1) is 0 Å². The van der Waals surface area contributed by atoms with E-state index in [1.165, 1.54) is 82.5 Å². The Kier molecular flexibility index (Phi) is 6.38. The molecule has 2 aliphatic heterocycles. The molecule has 0 N–H and O–H groups in total. The van der Waals surface area contributed by atoms with Gasteiger partial charge < -0.3 is 13.5 Å². The lowest BCUT2D eigenvalue weighted by Crippen LogP contribution is -2.56. The maximum Gasteiger partial charge on any atom is 0.337 e. The molecule has 0 saturated carbocycles. The fraction of sp³-hybridized carbons (Fsp3) is 0.154. The summed E-state index contributed by atoms with van der Waals surface area (Å²) in [5.74, 6) is 0.894. The van der Waals surface area contributed by atoms with Crippen LogP contribution in [0.5, 0.6) is 0 Å². The van der Waals surface area contributed by atoms with Gasteiger partial charge in [-0.2, -0.15) is 0 Å². The van der Waals surface area contributed by atoms with Gasteiger partial charge in [0.15, 0.2) is 0 Å². The van der Waals surface area contributed by atoms with E-state index < -0.39 is 0 Å². The number of rotatable bonds is 2. The molecule has 0 amide bonds. The Morgan fingerprint density at radius 1 is 0.491 bits per heavy atom. The predicted octanol–water partition coefficient (Wildman–Crippen LogP) is 12.7. The van der Waals surface area contributed by atoms with Gasteiger partial charge in [-0.3, -0.25) is 4.90 Å². The van der Waals surface area contributed by atoms with Crippen molar-refractivity contribution in [2.24, 2.45) is 0 Å². The average Bonchev–Trinajstić information content (AvgIpc) is 3.87. The zero-order valence-corrected chi connectivity index (χ0v) is 33.2. The normalized spacial score (nSPS) is 13.7. The summed E-state index contributed by atoms with van der Waals surface area (Å²) in [4.78, 5) is 2.42. The largest absolute Gasteiger partial charge is 0.440 e. The molecular formula is C52H42BN3O. The Labute approximate surface area is 332 Å². The van der Waals surface area contributed by atoms with Crippen molar-refractivity contribution >= 4 is 89.6 Å². The summed E-state index contributed by atoms with van der Waals surface area (Å²) in [5.41, 5.74) is 16.9. The third-order valence-electron chi connectivity index (χ3n) is 12.8. The predicted molar refractivity (Wildman–Crippen MR) is 241 cm³/mol. The molecule has 0 spiro atoms. The molecule has 3 aromatic heterocycles. The summed E-state index contributed by atoms with van der Waals surface area (Å²) >= 11 is 0. The van der Waals surface area contributed by atoms with E-state index in [4.69, 9.17) is 4.42 Å². The molecule has 7 aromatic carbocycles. The Bertz CT molecular complexity index is 3310. The maximum atomic E-state index is 7.10. The second kappa shape index (κ2) is 11.1. The lowest BCUT2D eigenvalue weighted by molar-refractivity contribution is 0.589. The van der Waals surface area contributed by atoms with Crippen LogP contribution >= 0.6 is 0 Å². The Hall–Kier alpha value is -6.46. The molecule has 274 valence electrons. The molecule has 57 heavy (non-hydrogen) atoms. The van der Waals surface area contributed by atoms with Gasteiger partial charge in [-0.15, -0.1) is 0 Å². The smallest absolute Gasteiger partial charge is 0.337 e. The molecule has 2 aliphatic rings. The van der Waals surface area contributed by atoms with Gasteiger partial charge in [0.2, 0.25) is 5.88 Å². The molecule has 10 aromatic rings. The fourth-order valence-electron chi connectivity index (χ4n) is 10.1. The van der Waals surface area contributed by atoms with Crippen molar-refractivity contribution in [1.82, 2.24) is 9.05 Å². The third-order valence-corrected chi connectivity index (χ3v) is 12.8. The Balaban J connectivity index is 1.30. The highest BCUT2D eigenvalue weighted by Crippen LogP contribution is 2.51. The van der Waals surface area contributed by atoms with Crippen molar-refractivity contribution in [3.05, 3.63) is 157 Å². The van der Waals surface area contributed by atoms with Gasteiger partial charge in [-0.25, -0.2) is 0 Å². The highest BCUT2D eigenvalue weighted by atomic mass is 16.4. The summed E-state index contributed by atoms with van der Waals surface area (Å²) < 4.78 is 12.2. The second-order valence-corrected chi connectivity index (χ2v) is 18.2. The van der Waals surface area contributed by atoms with Gasteiger partial charge in [-0.1, -0.05) is 133 Å². The molecule has 0 saturated heterocycles. The maximum absolute atomic E-state index is 7.10. The molecular weight excluding hydrogens is 693 g/mol. The molecule has 0 bridgehead atoms. The summed E-state index contributed by atoms with van der Waals surface area (Å²) in [6, 6.07) is 54.1. The van der Waals surface area contributed by atoms with E-state index in [1.54, 1.807) is 0 Å². The first-order chi connectivity index (χ1) is 27.6. The summed E-state index contributed by atoms with van der Waals surface area (Å²) in [6.45, 7) is 13.7. The van der Waals surface area contributed by atoms with E-state index in [0.29, 0.717) is 0 Å². The summed E-state index contributed by atoms with van der Waals surface area (Å²) in [6.07, 6.45) is 0.